The van der Waals surface area contributed by atoms with Gasteiger partial charge in [0.25, 0.3) is 0 Å². The topological polar surface area (TPSA) is 46.2 Å². The Bertz CT molecular complexity index is 856. The molecule has 1 heterocycles. The van der Waals surface area contributed by atoms with Crippen molar-refractivity contribution in [3.05, 3.63) is 60.8 Å². The Labute approximate surface area is 157 Å². The molecule has 0 unspecified atom stereocenters. The Morgan fingerprint density at radius 1 is 1.12 bits per heavy atom. The molecule has 6 heteroatoms. The maximum Gasteiger partial charge on any atom is 0.170 e. The fourth-order valence-corrected chi connectivity index (χ4v) is 3.44. The van der Waals surface area contributed by atoms with Crippen molar-refractivity contribution in [3.8, 4) is 5.75 Å². The molecule has 1 aromatic heterocycles. The van der Waals surface area contributed by atoms with Crippen LogP contribution in [0.5, 0.6) is 5.75 Å². The van der Waals surface area contributed by atoms with E-state index in [1.807, 2.05) is 42.5 Å². The van der Waals surface area contributed by atoms with Crippen molar-refractivity contribution in [1.82, 2.24) is 10.3 Å². The van der Waals surface area contributed by atoms with E-state index in [1.165, 1.54) is 4.90 Å². The summed E-state index contributed by atoms with van der Waals surface area (Å²) in [6, 6.07) is 18.1. The minimum Gasteiger partial charge on any atom is -0.494 e. The summed E-state index contributed by atoms with van der Waals surface area (Å²) >= 11 is 7.21. The second kappa shape index (κ2) is 8.69. The zero-order chi connectivity index (χ0) is 17.5. The van der Waals surface area contributed by atoms with E-state index >= 15 is 0 Å². The average molecular weight is 370 g/mol. The molecule has 0 saturated carbocycles. The smallest absolute Gasteiger partial charge is 0.170 e. The van der Waals surface area contributed by atoms with Crippen LogP contribution in [0.2, 0.25) is 0 Å². The number of ether oxygens (including phenoxy) is 1. The normalized spacial score (nSPS) is 10.4. The van der Waals surface area contributed by atoms with Gasteiger partial charge in [-0.05, 0) is 48.6 Å². The van der Waals surface area contributed by atoms with E-state index in [4.69, 9.17) is 17.0 Å². The van der Waals surface area contributed by atoms with Crippen LogP contribution in [0.4, 0.5) is 5.69 Å². The number of rotatable bonds is 6. The highest BCUT2D eigenvalue weighted by molar-refractivity contribution is 7.99. The lowest BCUT2D eigenvalue weighted by molar-refractivity contribution is 0.419. The van der Waals surface area contributed by atoms with Gasteiger partial charge in [-0.15, -0.1) is 11.8 Å². The summed E-state index contributed by atoms with van der Waals surface area (Å²) in [7, 11) is 1.65. The first-order chi connectivity index (χ1) is 12.3. The highest BCUT2D eigenvalue weighted by atomic mass is 32.2. The molecule has 0 aliphatic carbocycles. The summed E-state index contributed by atoms with van der Waals surface area (Å²) in [6.45, 7) is 0.789. The molecule has 0 fully saturated rings. The van der Waals surface area contributed by atoms with E-state index < -0.39 is 0 Å². The van der Waals surface area contributed by atoms with Crippen molar-refractivity contribution < 1.29 is 4.74 Å². The fourth-order valence-electron chi connectivity index (χ4n) is 2.44. The molecule has 0 aliphatic rings. The number of fused-ring (bicyclic) bond motifs is 1. The third kappa shape index (κ3) is 4.61. The van der Waals surface area contributed by atoms with Crippen LogP contribution < -0.4 is 15.4 Å². The molecular weight excluding hydrogens is 350 g/mol. The lowest BCUT2D eigenvalue weighted by atomic mass is 10.1. The van der Waals surface area contributed by atoms with Gasteiger partial charge < -0.3 is 15.4 Å². The fraction of sp³-hybridized carbons (Fsp3) is 0.158. The van der Waals surface area contributed by atoms with Crippen molar-refractivity contribution in [2.45, 2.75) is 4.90 Å². The minimum absolute atomic E-state index is 0.601. The Morgan fingerprint density at radius 3 is 2.76 bits per heavy atom. The molecule has 0 bridgehead atoms. The van der Waals surface area contributed by atoms with Gasteiger partial charge in [0, 0.05) is 34.5 Å². The maximum absolute atomic E-state index is 5.41. The quantitative estimate of drug-likeness (QED) is 0.383. The monoisotopic (exact) mass is 369 g/mol. The molecule has 2 N–H and O–H groups in total. The lowest BCUT2D eigenvalue weighted by Gasteiger charge is -2.13. The number of hydrogen-bond donors (Lipinski definition) is 2. The zero-order valence-electron chi connectivity index (χ0n) is 13.9. The molecule has 4 nitrogen and oxygen atoms in total. The van der Waals surface area contributed by atoms with Crippen LogP contribution in [0.3, 0.4) is 0 Å². The average Bonchev–Trinajstić information content (AvgIpc) is 2.66. The summed E-state index contributed by atoms with van der Waals surface area (Å²) in [5, 5.41) is 8.07. The van der Waals surface area contributed by atoms with E-state index in [2.05, 4.69) is 27.8 Å². The first-order valence-corrected chi connectivity index (χ1v) is 9.32. The van der Waals surface area contributed by atoms with Gasteiger partial charge in [-0.1, -0.05) is 18.2 Å². The molecule has 0 amide bonds. The molecular formula is C19H19N3OS2. The van der Waals surface area contributed by atoms with E-state index in [9.17, 15) is 0 Å². The number of nitrogens with one attached hydrogen (secondary N) is 2. The van der Waals surface area contributed by atoms with Crippen molar-refractivity contribution in [1.29, 1.82) is 0 Å². The van der Waals surface area contributed by atoms with Crippen molar-refractivity contribution in [2.24, 2.45) is 0 Å². The Morgan fingerprint density at radius 2 is 1.96 bits per heavy atom. The van der Waals surface area contributed by atoms with Crippen molar-refractivity contribution >= 4 is 45.7 Å². The summed E-state index contributed by atoms with van der Waals surface area (Å²) in [5.74, 6) is 1.69. The van der Waals surface area contributed by atoms with Gasteiger partial charge in [-0.3, -0.25) is 4.98 Å². The van der Waals surface area contributed by atoms with Gasteiger partial charge in [0.2, 0.25) is 0 Å². The van der Waals surface area contributed by atoms with Crippen LogP contribution in [0.15, 0.2) is 65.7 Å². The van der Waals surface area contributed by atoms with E-state index in [-0.39, 0.29) is 0 Å². The van der Waals surface area contributed by atoms with Crippen LogP contribution >= 0.6 is 24.0 Å². The summed E-state index contributed by atoms with van der Waals surface area (Å²) in [4.78, 5) is 5.66. The van der Waals surface area contributed by atoms with Gasteiger partial charge in [-0.25, -0.2) is 0 Å². The number of pyridine rings is 1. The predicted molar refractivity (Wildman–Crippen MR) is 110 cm³/mol. The van der Waals surface area contributed by atoms with Crippen LogP contribution in [0, 0.1) is 0 Å². The molecule has 0 aliphatic heterocycles. The molecule has 0 spiro atoms. The summed E-state index contributed by atoms with van der Waals surface area (Å²) in [6.07, 6.45) is 1.76. The van der Waals surface area contributed by atoms with Crippen LogP contribution in [0.1, 0.15) is 0 Å². The van der Waals surface area contributed by atoms with Crippen LogP contribution in [-0.4, -0.2) is 29.5 Å². The third-order valence-corrected chi connectivity index (χ3v) is 4.86. The maximum atomic E-state index is 5.41. The minimum atomic E-state index is 0.601. The van der Waals surface area contributed by atoms with Crippen molar-refractivity contribution in [2.75, 3.05) is 24.7 Å². The molecule has 0 radical (unpaired) electrons. The number of aromatic nitrogens is 1. The Hall–Kier alpha value is -2.31. The first kappa shape index (κ1) is 17.5. The largest absolute Gasteiger partial charge is 0.494 e. The van der Waals surface area contributed by atoms with Crippen LogP contribution in [-0.2, 0) is 0 Å². The number of methoxy groups -OCH3 is 1. The number of nitrogens with zero attached hydrogens (tertiary/aromatic N) is 1. The second-order valence-electron chi connectivity index (χ2n) is 5.26. The van der Waals surface area contributed by atoms with E-state index in [1.54, 1.807) is 25.1 Å². The highest BCUT2D eigenvalue weighted by Crippen LogP contribution is 2.29. The predicted octanol–water partition coefficient (Wildman–Crippen LogP) is 4.32. The molecule has 3 aromatic rings. The summed E-state index contributed by atoms with van der Waals surface area (Å²) in [5.41, 5.74) is 1.73. The first-order valence-electron chi connectivity index (χ1n) is 7.92. The van der Waals surface area contributed by atoms with Gasteiger partial charge >= 0.3 is 0 Å². The van der Waals surface area contributed by atoms with Gasteiger partial charge in [0.15, 0.2) is 5.11 Å². The number of anilines is 1. The van der Waals surface area contributed by atoms with Crippen LogP contribution in [0.25, 0.3) is 10.9 Å². The molecule has 2 aromatic carbocycles. The second-order valence-corrected chi connectivity index (χ2v) is 6.83. The number of benzene rings is 2. The SMILES string of the molecule is COc1ccc(NC(=S)NCCSc2ccccc2)c2cccnc12. The Kier molecular flexibility index (Phi) is 6.09. The van der Waals surface area contributed by atoms with E-state index in [0.29, 0.717) is 5.11 Å². The van der Waals surface area contributed by atoms with Crippen molar-refractivity contribution in [3.63, 3.8) is 0 Å². The zero-order valence-corrected chi connectivity index (χ0v) is 15.5. The van der Waals surface area contributed by atoms with E-state index in [0.717, 1.165) is 34.6 Å². The lowest BCUT2D eigenvalue weighted by Crippen LogP contribution is -2.30. The number of thioether (sulfide) groups is 1. The number of hydrogen-bond acceptors (Lipinski definition) is 4. The molecule has 25 heavy (non-hydrogen) atoms. The summed E-state index contributed by atoms with van der Waals surface area (Å²) < 4.78 is 5.37. The van der Waals surface area contributed by atoms with Gasteiger partial charge in [0.1, 0.15) is 11.3 Å². The van der Waals surface area contributed by atoms with Gasteiger partial charge in [0.05, 0.1) is 7.11 Å². The highest BCUT2D eigenvalue weighted by Gasteiger charge is 2.08. The standard InChI is InChI=1S/C19H19N3OS2/c1-23-17-10-9-16(15-8-5-11-20-18(15)17)22-19(24)21-12-13-25-14-6-3-2-4-7-14/h2-11H,12-13H2,1H3,(H2,21,22,24). The molecule has 0 saturated heterocycles. The van der Waals surface area contributed by atoms with Gasteiger partial charge in [-0.2, -0.15) is 0 Å². The molecule has 0 atom stereocenters. The Balaban J connectivity index is 1.57. The molecule has 3 rings (SSSR count). The molecule has 128 valence electrons. The number of thiocarbonyl (C=S) groups is 1. The third-order valence-electron chi connectivity index (χ3n) is 3.60.